The Hall–Kier alpha value is -1.98. The molecule has 1 N–H and O–H groups in total. The Labute approximate surface area is 91.9 Å². The van der Waals surface area contributed by atoms with E-state index < -0.39 is 12.0 Å². The Kier molecular flexibility index (Phi) is 2.80. The molecule has 1 aliphatic rings. The summed E-state index contributed by atoms with van der Waals surface area (Å²) in [5.41, 5.74) is 0.650. The molecule has 2 rings (SSSR count). The fourth-order valence-electron chi connectivity index (χ4n) is 1.77. The van der Waals surface area contributed by atoms with Gasteiger partial charge in [0.05, 0.1) is 12.2 Å². The standard InChI is InChI=1S/C10H11N3O3/c14-9-2-1-8(10(15)16)13(9)5-7-3-4-11-6-12-7/h3-4,6,8H,1-2,5H2,(H,15,16). The second-order valence-electron chi connectivity index (χ2n) is 3.62. The molecule has 0 aromatic carbocycles. The third-order valence-corrected chi connectivity index (χ3v) is 2.59. The second kappa shape index (κ2) is 4.26. The van der Waals surface area contributed by atoms with Gasteiger partial charge in [-0.05, 0) is 12.5 Å². The number of nitrogens with zero attached hydrogens (tertiary/aromatic N) is 3. The Morgan fingerprint density at radius 1 is 1.62 bits per heavy atom. The van der Waals surface area contributed by atoms with Gasteiger partial charge in [-0.1, -0.05) is 0 Å². The van der Waals surface area contributed by atoms with Gasteiger partial charge in [-0.2, -0.15) is 0 Å². The van der Waals surface area contributed by atoms with Crippen molar-refractivity contribution in [3.63, 3.8) is 0 Å². The molecule has 0 saturated carbocycles. The zero-order valence-corrected chi connectivity index (χ0v) is 8.54. The summed E-state index contributed by atoms with van der Waals surface area (Å²) in [6, 6.07) is 0.951. The van der Waals surface area contributed by atoms with E-state index in [-0.39, 0.29) is 12.5 Å². The van der Waals surface area contributed by atoms with Gasteiger partial charge in [-0.3, -0.25) is 4.79 Å². The molecular formula is C10H11N3O3. The van der Waals surface area contributed by atoms with Crippen LogP contribution in [0, 0.1) is 0 Å². The molecule has 1 fully saturated rings. The van der Waals surface area contributed by atoms with Crippen LogP contribution in [-0.4, -0.2) is 37.9 Å². The maximum atomic E-state index is 11.5. The molecule has 1 aliphatic heterocycles. The first-order valence-electron chi connectivity index (χ1n) is 4.95. The van der Waals surface area contributed by atoms with Gasteiger partial charge in [0.15, 0.2) is 0 Å². The van der Waals surface area contributed by atoms with Crippen molar-refractivity contribution >= 4 is 11.9 Å². The van der Waals surface area contributed by atoms with E-state index in [0.717, 1.165) is 0 Å². The third kappa shape index (κ3) is 2.00. The van der Waals surface area contributed by atoms with Crippen LogP contribution in [0.5, 0.6) is 0 Å². The lowest BCUT2D eigenvalue weighted by atomic mass is 10.2. The van der Waals surface area contributed by atoms with Gasteiger partial charge >= 0.3 is 5.97 Å². The molecule has 1 aromatic rings. The van der Waals surface area contributed by atoms with Crippen molar-refractivity contribution in [3.05, 3.63) is 24.3 Å². The van der Waals surface area contributed by atoms with Crippen LogP contribution in [-0.2, 0) is 16.1 Å². The smallest absolute Gasteiger partial charge is 0.326 e. The van der Waals surface area contributed by atoms with Crippen LogP contribution in [0.2, 0.25) is 0 Å². The Morgan fingerprint density at radius 2 is 2.44 bits per heavy atom. The number of amides is 1. The van der Waals surface area contributed by atoms with Gasteiger partial charge < -0.3 is 10.0 Å². The quantitative estimate of drug-likeness (QED) is 0.779. The first-order valence-corrected chi connectivity index (χ1v) is 4.95. The molecule has 16 heavy (non-hydrogen) atoms. The van der Waals surface area contributed by atoms with Gasteiger partial charge in [0, 0.05) is 12.6 Å². The minimum atomic E-state index is -0.958. The van der Waals surface area contributed by atoms with Crippen LogP contribution < -0.4 is 0 Å². The Morgan fingerprint density at radius 3 is 3.06 bits per heavy atom. The van der Waals surface area contributed by atoms with E-state index in [4.69, 9.17) is 5.11 Å². The number of aliphatic carboxylic acids is 1. The van der Waals surface area contributed by atoms with Crippen LogP contribution in [0.1, 0.15) is 18.5 Å². The van der Waals surface area contributed by atoms with Gasteiger partial charge in [-0.15, -0.1) is 0 Å². The summed E-state index contributed by atoms with van der Waals surface area (Å²) >= 11 is 0. The number of carbonyl (C=O) groups excluding carboxylic acids is 1. The molecule has 0 aliphatic carbocycles. The number of carbonyl (C=O) groups is 2. The van der Waals surface area contributed by atoms with Gasteiger partial charge in [-0.25, -0.2) is 14.8 Å². The zero-order chi connectivity index (χ0) is 11.5. The molecule has 6 nitrogen and oxygen atoms in total. The number of carboxylic acid groups (broad SMARTS) is 1. The number of rotatable bonds is 3. The highest BCUT2D eigenvalue weighted by molar-refractivity contribution is 5.87. The predicted octanol–water partition coefficient (Wildman–Crippen LogP) is 0.0522. The fraction of sp³-hybridized carbons (Fsp3) is 0.400. The molecule has 1 atom stereocenters. The summed E-state index contributed by atoms with van der Waals surface area (Å²) in [6.45, 7) is 0.234. The SMILES string of the molecule is O=C(O)C1CCC(=O)N1Cc1ccncn1. The summed E-state index contributed by atoms with van der Waals surface area (Å²) in [7, 11) is 0. The van der Waals surface area contributed by atoms with E-state index in [0.29, 0.717) is 18.5 Å². The average molecular weight is 221 g/mol. The molecular weight excluding hydrogens is 210 g/mol. The van der Waals surface area contributed by atoms with E-state index in [2.05, 4.69) is 9.97 Å². The molecule has 2 heterocycles. The first kappa shape index (κ1) is 10.5. The molecule has 1 aromatic heterocycles. The number of carboxylic acids is 1. The van der Waals surface area contributed by atoms with E-state index in [9.17, 15) is 9.59 Å². The highest BCUT2D eigenvalue weighted by Crippen LogP contribution is 2.20. The molecule has 84 valence electrons. The number of likely N-dealkylation sites (tertiary alicyclic amines) is 1. The van der Waals surface area contributed by atoms with Gasteiger partial charge in [0.2, 0.25) is 5.91 Å². The lowest BCUT2D eigenvalue weighted by Gasteiger charge is -2.20. The second-order valence-corrected chi connectivity index (χ2v) is 3.62. The lowest BCUT2D eigenvalue weighted by molar-refractivity contribution is -0.146. The third-order valence-electron chi connectivity index (χ3n) is 2.59. The summed E-state index contributed by atoms with van der Waals surface area (Å²) in [5, 5.41) is 8.95. The van der Waals surface area contributed by atoms with E-state index >= 15 is 0 Å². The van der Waals surface area contributed by atoms with Crippen LogP contribution >= 0.6 is 0 Å². The topological polar surface area (TPSA) is 83.4 Å². The predicted molar refractivity (Wildman–Crippen MR) is 53.2 cm³/mol. The highest BCUT2D eigenvalue weighted by Gasteiger charge is 2.35. The Bertz CT molecular complexity index is 407. The Balaban J connectivity index is 2.13. The van der Waals surface area contributed by atoms with Crippen molar-refractivity contribution in [2.45, 2.75) is 25.4 Å². The monoisotopic (exact) mass is 221 g/mol. The molecule has 0 radical (unpaired) electrons. The van der Waals surface area contributed by atoms with Crippen LogP contribution in [0.15, 0.2) is 18.6 Å². The minimum absolute atomic E-state index is 0.133. The van der Waals surface area contributed by atoms with Crippen molar-refractivity contribution in [1.29, 1.82) is 0 Å². The molecule has 1 amide bonds. The lowest BCUT2D eigenvalue weighted by Crippen LogP contribution is -2.38. The maximum absolute atomic E-state index is 11.5. The molecule has 0 bridgehead atoms. The summed E-state index contributed by atoms with van der Waals surface area (Å²) in [5.74, 6) is -1.09. The first-order chi connectivity index (χ1) is 7.68. The molecule has 0 spiro atoms. The van der Waals surface area contributed by atoms with E-state index in [1.54, 1.807) is 12.3 Å². The molecule has 1 unspecified atom stereocenters. The number of hydrogen-bond donors (Lipinski definition) is 1. The van der Waals surface area contributed by atoms with Crippen LogP contribution in [0.4, 0.5) is 0 Å². The van der Waals surface area contributed by atoms with Gasteiger partial charge in [0.1, 0.15) is 12.4 Å². The summed E-state index contributed by atoms with van der Waals surface area (Å²) < 4.78 is 0. The normalized spacial score (nSPS) is 20.1. The van der Waals surface area contributed by atoms with Crippen LogP contribution in [0.3, 0.4) is 0 Å². The number of hydrogen-bond acceptors (Lipinski definition) is 4. The van der Waals surface area contributed by atoms with Crippen LogP contribution in [0.25, 0.3) is 0 Å². The number of aromatic nitrogens is 2. The van der Waals surface area contributed by atoms with Crippen molar-refractivity contribution in [3.8, 4) is 0 Å². The fourth-order valence-corrected chi connectivity index (χ4v) is 1.77. The van der Waals surface area contributed by atoms with Crippen molar-refractivity contribution in [1.82, 2.24) is 14.9 Å². The van der Waals surface area contributed by atoms with E-state index in [1.165, 1.54) is 11.2 Å². The summed E-state index contributed by atoms with van der Waals surface area (Å²) in [4.78, 5) is 31.5. The molecule has 1 saturated heterocycles. The van der Waals surface area contributed by atoms with E-state index in [1.807, 2.05) is 0 Å². The highest BCUT2D eigenvalue weighted by atomic mass is 16.4. The largest absolute Gasteiger partial charge is 0.480 e. The van der Waals surface area contributed by atoms with Crippen molar-refractivity contribution < 1.29 is 14.7 Å². The van der Waals surface area contributed by atoms with Gasteiger partial charge in [0.25, 0.3) is 0 Å². The minimum Gasteiger partial charge on any atom is -0.480 e. The molecule has 6 heteroatoms. The zero-order valence-electron chi connectivity index (χ0n) is 8.54. The summed E-state index contributed by atoms with van der Waals surface area (Å²) in [6.07, 6.45) is 3.62. The van der Waals surface area contributed by atoms with Crippen molar-refractivity contribution in [2.24, 2.45) is 0 Å². The van der Waals surface area contributed by atoms with Crippen molar-refractivity contribution in [2.75, 3.05) is 0 Å². The maximum Gasteiger partial charge on any atom is 0.326 e. The average Bonchev–Trinajstić information content (AvgIpc) is 2.62.